The van der Waals surface area contributed by atoms with E-state index < -0.39 is 0 Å². The molecular formula is C16H16BrFN2O. The van der Waals surface area contributed by atoms with Crippen LogP contribution in [0.2, 0.25) is 0 Å². The van der Waals surface area contributed by atoms with Crippen molar-refractivity contribution < 1.29 is 9.18 Å². The summed E-state index contributed by atoms with van der Waals surface area (Å²) in [4.78, 5) is 12.2. The van der Waals surface area contributed by atoms with Crippen molar-refractivity contribution in [3.63, 3.8) is 0 Å². The second-order valence-corrected chi connectivity index (χ2v) is 6.19. The van der Waals surface area contributed by atoms with Crippen molar-refractivity contribution in [2.45, 2.75) is 25.3 Å². The molecular weight excluding hydrogens is 335 g/mol. The first-order valence-corrected chi connectivity index (χ1v) is 7.83. The van der Waals surface area contributed by atoms with Crippen LogP contribution in [0.1, 0.15) is 34.9 Å². The highest BCUT2D eigenvalue weighted by atomic mass is 79.9. The van der Waals surface area contributed by atoms with Gasteiger partial charge in [0.2, 0.25) is 0 Å². The van der Waals surface area contributed by atoms with Gasteiger partial charge in [0.05, 0.1) is 0 Å². The number of nitrogens with one attached hydrogen (secondary N) is 1. The van der Waals surface area contributed by atoms with Gasteiger partial charge in [0.15, 0.2) is 0 Å². The molecule has 0 bridgehead atoms. The smallest absolute Gasteiger partial charge is 0.267 e. The van der Waals surface area contributed by atoms with Crippen molar-refractivity contribution in [1.82, 2.24) is 9.88 Å². The van der Waals surface area contributed by atoms with Crippen molar-refractivity contribution in [2.24, 2.45) is 0 Å². The molecule has 2 aromatic rings. The van der Waals surface area contributed by atoms with Gasteiger partial charge in [0.1, 0.15) is 11.5 Å². The number of hydrogen-bond acceptors (Lipinski definition) is 1. The van der Waals surface area contributed by atoms with Gasteiger partial charge < -0.3 is 9.88 Å². The number of aromatic nitrogens is 1. The van der Waals surface area contributed by atoms with Gasteiger partial charge in [-0.2, -0.15) is 0 Å². The monoisotopic (exact) mass is 350 g/mol. The minimum atomic E-state index is -0.226. The fraction of sp³-hybridized carbons (Fsp3) is 0.312. The Morgan fingerprint density at radius 2 is 2.14 bits per heavy atom. The van der Waals surface area contributed by atoms with Gasteiger partial charge in [-0.25, -0.2) is 4.39 Å². The molecule has 110 valence electrons. The number of carbonyl (C=O) groups excluding carboxylic acids is 1. The standard InChI is InChI=1S/C16H16BrFN2O/c17-12-9-15(20(10-12)13-5-6-13)16(21)19-8-7-11-3-1-2-4-14(11)18/h1-4,9-10,13H,5-8H2,(H,19,21). The second kappa shape index (κ2) is 6.02. The van der Waals surface area contributed by atoms with Crippen LogP contribution in [0.15, 0.2) is 41.0 Å². The van der Waals surface area contributed by atoms with Gasteiger partial charge in [-0.3, -0.25) is 4.79 Å². The van der Waals surface area contributed by atoms with E-state index in [9.17, 15) is 9.18 Å². The number of benzene rings is 1. The Morgan fingerprint density at radius 1 is 1.38 bits per heavy atom. The summed E-state index contributed by atoms with van der Waals surface area (Å²) in [5, 5.41) is 2.86. The molecule has 5 heteroatoms. The SMILES string of the molecule is O=C(NCCc1ccccc1F)c1cc(Br)cn1C1CC1. The number of nitrogens with zero attached hydrogens (tertiary/aromatic N) is 1. The highest BCUT2D eigenvalue weighted by molar-refractivity contribution is 9.10. The number of carbonyl (C=O) groups is 1. The van der Waals surface area contributed by atoms with Crippen molar-refractivity contribution in [3.05, 3.63) is 58.1 Å². The zero-order chi connectivity index (χ0) is 14.8. The minimum Gasteiger partial charge on any atom is -0.350 e. The van der Waals surface area contributed by atoms with E-state index in [-0.39, 0.29) is 11.7 Å². The predicted molar refractivity (Wildman–Crippen MR) is 82.8 cm³/mol. The molecule has 1 heterocycles. The quantitative estimate of drug-likeness (QED) is 0.876. The van der Waals surface area contributed by atoms with E-state index in [1.165, 1.54) is 6.07 Å². The summed E-state index contributed by atoms with van der Waals surface area (Å²) in [6.07, 6.45) is 4.68. The van der Waals surface area contributed by atoms with Crippen LogP contribution in [0.3, 0.4) is 0 Å². The maximum absolute atomic E-state index is 13.5. The van der Waals surface area contributed by atoms with Gasteiger partial charge in [-0.1, -0.05) is 18.2 Å². The molecule has 1 amide bonds. The van der Waals surface area contributed by atoms with Crippen LogP contribution in [-0.2, 0) is 6.42 Å². The van der Waals surface area contributed by atoms with Crippen molar-refractivity contribution in [1.29, 1.82) is 0 Å². The van der Waals surface area contributed by atoms with E-state index in [1.54, 1.807) is 18.2 Å². The summed E-state index contributed by atoms with van der Waals surface area (Å²) in [7, 11) is 0. The lowest BCUT2D eigenvalue weighted by Crippen LogP contribution is -2.27. The molecule has 0 radical (unpaired) electrons. The number of halogens is 2. The van der Waals surface area contributed by atoms with Gasteiger partial charge in [0.25, 0.3) is 5.91 Å². The molecule has 0 aliphatic heterocycles. The minimum absolute atomic E-state index is 0.107. The first-order chi connectivity index (χ1) is 10.1. The maximum atomic E-state index is 13.5. The molecule has 3 rings (SSSR count). The fourth-order valence-corrected chi connectivity index (χ4v) is 2.82. The lowest BCUT2D eigenvalue weighted by Gasteiger charge is -2.09. The van der Waals surface area contributed by atoms with E-state index in [1.807, 2.05) is 16.8 Å². The van der Waals surface area contributed by atoms with E-state index in [2.05, 4.69) is 21.2 Å². The maximum Gasteiger partial charge on any atom is 0.267 e. The molecule has 3 nitrogen and oxygen atoms in total. The van der Waals surface area contributed by atoms with Gasteiger partial charge in [-0.15, -0.1) is 0 Å². The van der Waals surface area contributed by atoms with Gasteiger partial charge in [0, 0.05) is 23.3 Å². The summed E-state index contributed by atoms with van der Waals surface area (Å²) in [6.45, 7) is 0.424. The highest BCUT2D eigenvalue weighted by Gasteiger charge is 2.27. The van der Waals surface area contributed by atoms with Crippen LogP contribution < -0.4 is 5.32 Å². The average molecular weight is 351 g/mol. The Kier molecular flexibility index (Phi) is 4.10. The van der Waals surface area contributed by atoms with Crippen LogP contribution >= 0.6 is 15.9 Å². The topological polar surface area (TPSA) is 34.0 Å². The zero-order valence-electron chi connectivity index (χ0n) is 11.5. The van der Waals surface area contributed by atoms with Gasteiger partial charge >= 0.3 is 0 Å². The third-order valence-corrected chi connectivity index (χ3v) is 4.06. The van der Waals surface area contributed by atoms with Crippen molar-refractivity contribution in [3.8, 4) is 0 Å². The van der Waals surface area contributed by atoms with E-state index >= 15 is 0 Å². The Labute approximate surface area is 131 Å². The molecule has 1 aromatic heterocycles. The third kappa shape index (κ3) is 3.35. The summed E-state index contributed by atoms with van der Waals surface area (Å²) in [5.41, 5.74) is 1.29. The Morgan fingerprint density at radius 3 is 2.86 bits per heavy atom. The molecule has 0 spiro atoms. The number of amides is 1. The fourth-order valence-electron chi connectivity index (χ4n) is 2.38. The molecule has 1 fully saturated rings. The first-order valence-electron chi connectivity index (χ1n) is 7.04. The largest absolute Gasteiger partial charge is 0.350 e. The Balaban J connectivity index is 1.61. The molecule has 1 aromatic carbocycles. The molecule has 0 unspecified atom stereocenters. The van der Waals surface area contributed by atoms with Crippen LogP contribution in [-0.4, -0.2) is 17.0 Å². The summed E-state index contributed by atoms with van der Waals surface area (Å²) >= 11 is 3.41. The number of rotatable bonds is 5. The predicted octanol–water partition coefficient (Wildman–Crippen LogP) is 3.70. The molecule has 1 N–H and O–H groups in total. The van der Waals surface area contributed by atoms with Crippen LogP contribution in [0.4, 0.5) is 4.39 Å². The van der Waals surface area contributed by atoms with Crippen LogP contribution in [0.25, 0.3) is 0 Å². The Hall–Kier alpha value is -1.62. The van der Waals surface area contributed by atoms with Crippen molar-refractivity contribution in [2.75, 3.05) is 6.54 Å². The van der Waals surface area contributed by atoms with Crippen molar-refractivity contribution >= 4 is 21.8 Å². The lowest BCUT2D eigenvalue weighted by molar-refractivity contribution is 0.0944. The average Bonchev–Trinajstić information content (AvgIpc) is 3.23. The molecule has 0 saturated heterocycles. The summed E-state index contributed by atoms with van der Waals surface area (Å²) in [5.74, 6) is -0.334. The molecule has 21 heavy (non-hydrogen) atoms. The third-order valence-electron chi connectivity index (χ3n) is 3.63. The molecule has 0 atom stereocenters. The zero-order valence-corrected chi connectivity index (χ0v) is 13.1. The second-order valence-electron chi connectivity index (χ2n) is 5.28. The van der Waals surface area contributed by atoms with E-state index in [0.717, 1.165) is 17.3 Å². The highest BCUT2D eigenvalue weighted by Crippen LogP contribution is 2.37. The summed E-state index contributed by atoms with van der Waals surface area (Å²) < 4.78 is 16.4. The summed E-state index contributed by atoms with van der Waals surface area (Å²) in [6, 6.07) is 8.92. The Bertz CT molecular complexity index is 664. The van der Waals surface area contributed by atoms with Crippen LogP contribution in [0, 0.1) is 5.82 Å². The first kappa shape index (κ1) is 14.3. The number of hydrogen-bond donors (Lipinski definition) is 1. The molecule has 1 aliphatic carbocycles. The normalized spacial score (nSPS) is 14.2. The van der Waals surface area contributed by atoms with E-state index in [0.29, 0.717) is 30.3 Å². The lowest BCUT2D eigenvalue weighted by atomic mass is 10.1. The molecule has 1 saturated carbocycles. The molecule has 1 aliphatic rings. The van der Waals surface area contributed by atoms with E-state index in [4.69, 9.17) is 0 Å². The van der Waals surface area contributed by atoms with Gasteiger partial charge in [-0.05, 0) is 52.9 Å². The van der Waals surface area contributed by atoms with Crippen LogP contribution in [0.5, 0.6) is 0 Å².